The molecule has 0 atom stereocenters. The van der Waals surface area contributed by atoms with Crippen LogP contribution in [0.2, 0.25) is 0 Å². The van der Waals surface area contributed by atoms with E-state index in [0.717, 1.165) is 22.1 Å². The lowest BCUT2D eigenvalue weighted by Gasteiger charge is -2.02. The van der Waals surface area contributed by atoms with Crippen LogP contribution in [0.4, 0.5) is 0 Å². The van der Waals surface area contributed by atoms with Crippen molar-refractivity contribution in [2.75, 3.05) is 6.54 Å². The topological polar surface area (TPSA) is 42.2 Å². The lowest BCUT2D eigenvalue weighted by molar-refractivity contribution is -0.120. The molecule has 94 valence electrons. The van der Waals surface area contributed by atoms with Crippen LogP contribution >= 0.6 is 0 Å². The van der Waals surface area contributed by atoms with Gasteiger partial charge in [0.2, 0.25) is 5.91 Å². The zero-order valence-corrected chi connectivity index (χ0v) is 10.7. The summed E-state index contributed by atoms with van der Waals surface area (Å²) in [6, 6.07) is 4.07. The van der Waals surface area contributed by atoms with Gasteiger partial charge in [0.15, 0.2) is 0 Å². The van der Waals surface area contributed by atoms with Crippen LogP contribution in [0.15, 0.2) is 35.5 Å². The summed E-state index contributed by atoms with van der Waals surface area (Å²) in [5.74, 6) is -0.0178. The third-order valence-electron chi connectivity index (χ3n) is 3.14. The summed E-state index contributed by atoms with van der Waals surface area (Å²) < 4.78 is 5.57. The van der Waals surface area contributed by atoms with Gasteiger partial charge in [0, 0.05) is 17.5 Å². The standard InChI is InChI=1S/C15H17NO2/c1-4-7-16-14(17)8-12-9-18-15-11(3)10(2)5-6-13(12)15/h4-6,9H,1,7-8H2,2-3H3,(H,16,17). The van der Waals surface area contributed by atoms with Crippen LogP contribution in [0.5, 0.6) is 0 Å². The number of furan rings is 1. The Morgan fingerprint density at radius 2 is 2.22 bits per heavy atom. The van der Waals surface area contributed by atoms with Gasteiger partial charge in [-0.1, -0.05) is 18.2 Å². The Hall–Kier alpha value is -2.03. The van der Waals surface area contributed by atoms with Crippen LogP contribution in [0.1, 0.15) is 16.7 Å². The Kier molecular flexibility index (Phi) is 3.51. The molecule has 1 aromatic carbocycles. The Morgan fingerprint density at radius 1 is 1.44 bits per heavy atom. The van der Waals surface area contributed by atoms with E-state index in [1.54, 1.807) is 12.3 Å². The minimum atomic E-state index is -0.0178. The quantitative estimate of drug-likeness (QED) is 0.839. The molecular weight excluding hydrogens is 226 g/mol. The van der Waals surface area contributed by atoms with E-state index < -0.39 is 0 Å². The fraction of sp³-hybridized carbons (Fsp3) is 0.267. The number of fused-ring (bicyclic) bond motifs is 1. The summed E-state index contributed by atoms with van der Waals surface area (Å²) in [5.41, 5.74) is 4.13. The van der Waals surface area contributed by atoms with Gasteiger partial charge < -0.3 is 9.73 Å². The van der Waals surface area contributed by atoms with Crippen molar-refractivity contribution in [3.05, 3.63) is 47.7 Å². The van der Waals surface area contributed by atoms with Crippen molar-refractivity contribution in [1.82, 2.24) is 5.32 Å². The molecule has 1 N–H and O–H groups in total. The lowest BCUT2D eigenvalue weighted by Crippen LogP contribution is -2.24. The van der Waals surface area contributed by atoms with E-state index in [4.69, 9.17) is 4.42 Å². The van der Waals surface area contributed by atoms with Crippen molar-refractivity contribution in [1.29, 1.82) is 0 Å². The molecule has 1 aromatic heterocycles. The number of carbonyl (C=O) groups excluding carboxylic acids is 1. The molecular formula is C15H17NO2. The number of benzene rings is 1. The molecule has 18 heavy (non-hydrogen) atoms. The Bertz CT molecular complexity index is 596. The zero-order valence-electron chi connectivity index (χ0n) is 10.7. The highest BCUT2D eigenvalue weighted by molar-refractivity contribution is 5.89. The summed E-state index contributed by atoms with van der Waals surface area (Å²) in [6.07, 6.45) is 3.67. The number of amides is 1. The van der Waals surface area contributed by atoms with E-state index in [2.05, 4.69) is 18.0 Å². The summed E-state index contributed by atoms with van der Waals surface area (Å²) in [4.78, 5) is 11.7. The molecule has 0 bridgehead atoms. The molecule has 0 aliphatic heterocycles. The highest BCUT2D eigenvalue weighted by Crippen LogP contribution is 2.26. The maximum Gasteiger partial charge on any atom is 0.224 e. The second-order valence-electron chi connectivity index (χ2n) is 4.41. The van der Waals surface area contributed by atoms with E-state index in [1.165, 1.54) is 5.56 Å². The monoisotopic (exact) mass is 243 g/mol. The molecule has 2 rings (SSSR count). The maximum absolute atomic E-state index is 11.7. The molecule has 3 nitrogen and oxygen atoms in total. The molecule has 0 spiro atoms. The first-order valence-electron chi connectivity index (χ1n) is 5.97. The largest absolute Gasteiger partial charge is 0.464 e. The van der Waals surface area contributed by atoms with Crippen LogP contribution < -0.4 is 5.32 Å². The van der Waals surface area contributed by atoms with Crippen LogP contribution in [-0.4, -0.2) is 12.5 Å². The first-order valence-corrected chi connectivity index (χ1v) is 5.97. The molecule has 3 heteroatoms. The molecule has 0 radical (unpaired) electrons. The van der Waals surface area contributed by atoms with Crippen molar-refractivity contribution >= 4 is 16.9 Å². The first kappa shape index (κ1) is 12.4. The maximum atomic E-state index is 11.7. The van der Waals surface area contributed by atoms with Crippen LogP contribution in [0.25, 0.3) is 11.0 Å². The number of rotatable bonds is 4. The molecule has 1 amide bonds. The molecule has 2 aromatic rings. The summed E-state index contributed by atoms with van der Waals surface area (Å²) in [6.45, 7) is 8.14. The molecule has 1 heterocycles. The van der Waals surface area contributed by atoms with Gasteiger partial charge in [-0.25, -0.2) is 0 Å². The van der Waals surface area contributed by atoms with Gasteiger partial charge >= 0.3 is 0 Å². The van der Waals surface area contributed by atoms with E-state index in [-0.39, 0.29) is 5.91 Å². The Balaban J connectivity index is 2.27. The molecule has 0 unspecified atom stereocenters. The first-order chi connectivity index (χ1) is 8.63. The average Bonchev–Trinajstić information content (AvgIpc) is 2.75. The minimum Gasteiger partial charge on any atom is -0.464 e. The smallest absolute Gasteiger partial charge is 0.224 e. The minimum absolute atomic E-state index is 0.0178. The van der Waals surface area contributed by atoms with Crippen LogP contribution in [0.3, 0.4) is 0 Å². The molecule has 0 saturated carbocycles. The highest BCUT2D eigenvalue weighted by Gasteiger charge is 2.12. The van der Waals surface area contributed by atoms with Gasteiger partial charge in [-0.2, -0.15) is 0 Å². The van der Waals surface area contributed by atoms with E-state index >= 15 is 0 Å². The Morgan fingerprint density at radius 3 is 2.94 bits per heavy atom. The molecule has 0 aliphatic carbocycles. The SMILES string of the molecule is C=CCNC(=O)Cc1coc2c(C)c(C)ccc12. The normalized spacial score (nSPS) is 10.6. The van der Waals surface area contributed by atoms with Crippen molar-refractivity contribution in [2.24, 2.45) is 0 Å². The van der Waals surface area contributed by atoms with Crippen molar-refractivity contribution in [3.8, 4) is 0 Å². The number of nitrogens with one attached hydrogen (secondary N) is 1. The van der Waals surface area contributed by atoms with E-state index in [1.807, 2.05) is 19.9 Å². The number of carbonyl (C=O) groups is 1. The van der Waals surface area contributed by atoms with Crippen LogP contribution in [0, 0.1) is 13.8 Å². The second-order valence-corrected chi connectivity index (χ2v) is 4.41. The van der Waals surface area contributed by atoms with E-state index in [0.29, 0.717) is 13.0 Å². The summed E-state index contributed by atoms with van der Waals surface area (Å²) >= 11 is 0. The average molecular weight is 243 g/mol. The summed E-state index contributed by atoms with van der Waals surface area (Å²) in [7, 11) is 0. The van der Waals surface area contributed by atoms with Crippen molar-refractivity contribution in [2.45, 2.75) is 20.3 Å². The van der Waals surface area contributed by atoms with Crippen molar-refractivity contribution < 1.29 is 9.21 Å². The predicted octanol–water partition coefficient (Wildman–Crippen LogP) is 2.89. The highest BCUT2D eigenvalue weighted by atomic mass is 16.3. The van der Waals surface area contributed by atoms with Gasteiger partial charge in [-0.15, -0.1) is 6.58 Å². The van der Waals surface area contributed by atoms with Gasteiger partial charge in [-0.05, 0) is 25.0 Å². The van der Waals surface area contributed by atoms with Gasteiger partial charge in [0.1, 0.15) is 5.58 Å². The number of aryl methyl sites for hydroxylation is 2. The molecule has 0 saturated heterocycles. The van der Waals surface area contributed by atoms with Crippen molar-refractivity contribution in [3.63, 3.8) is 0 Å². The third kappa shape index (κ3) is 2.30. The number of hydrogen-bond acceptors (Lipinski definition) is 2. The molecule has 0 fully saturated rings. The van der Waals surface area contributed by atoms with Gasteiger partial charge in [0.05, 0.1) is 12.7 Å². The number of hydrogen-bond donors (Lipinski definition) is 1. The lowest BCUT2D eigenvalue weighted by atomic mass is 10.0. The second kappa shape index (κ2) is 5.08. The third-order valence-corrected chi connectivity index (χ3v) is 3.14. The zero-order chi connectivity index (χ0) is 13.1. The van der Waals surface area contributed by atoms with Gasteiger partial charge in [-0.3, -0.25) is 4.79 Å². The predicted molar refractivity (Wildman–Crippen MR) is 72.6 cm³/mol. The van der Waals surface area contributed by atoms with Crippen LogP contribution in [-0.2, 0) is 11.2 Å². The van der Waals surface area contributed by atoms with E-state index in [9.17, 15) is 4.79 Å². The van der Waals surface area contributed by atoms with Gasteiger partial charge in [0.25, 0.3) is 0 Å². The fourth-order valence-electron chi connectivity index (χ4n) is 1.95. The Labute approximate surface area is 106 Å². The molecule has 0 aliphatic rings. The summed E-state index contributed by atoms with van der Waals surface area (Å²) in [5, 5.41) is 3.78. The fourth-order valence-corrected chi connectivity index (χ4v) is 1.95.